The van der Waals surface area contributed by atoms with Crippen LogP contribution in [0.4, 0.5) is 0 Å². The average molecular weight is 346 g/mol. The van der Waals surface area contributed by atoms with E-state index in [0.717, 1.165) is 56.6 Å². The third-order valence-corrected chi connectivity index (χ3v) is 5.73. The van der Waals surface area contributed by atoms with Gasteiger partial charge in [-0.1, -0.05) is 31.0 Å². The maximum Gasteiger partial charge on any atom is 0.259 e. The number of piperidine rings is 1. The lowest BCUT2D eigenvalue weighted by Gasteiger charge is -2.47. The van der Waals surface area contributed by atoms with Gasteiger partial charge in [0, 0.05) is 45.2 Å². The molecule has 1 saturated carbocycles. The van der Waals surface area contributed by atoms with E-state index >= 15 is 0 Å². The minimum absolute atomic E-state index is 0.0416. The number of likely N-dealkylation sites (tertiary alicyclic amines) is 1. The number of amides is 1. The Bertz CT molecular complexity index is 604. The van der Waals surface area contributed by atoms with Gasteiger partial charge in [0.25, 0.3) is 5.91 Å². The first-order chi connectivity index (χ1) is 12.0. The summed E-state index contributed by atoms with van der Waals surface area (Å²) in [7, 11) is 3.47. The first kappa shape index (κ1) is 18.2. The van der Waals surface area contributed by atoms with Gasteiger partial charge in [-0.2, -0.15) is 0 Å². The molecule has 2 unspecified atom stereocenters. The summed E-state index contributed by atoms with van der Waals surface area (Å²) in [6, 6.07) is 7.95. The van der Waals surface area contributed by atoms with Crippen LogP contribution in [0.5, 0.6) is 5.75 Å². The Morgan fingerprint density at radius 2 is 2.12 bits per heavy atom. The number of fused-ring (bicyclic) bond motifs is 1. The van der Waals surface area contributed by atoms with Crippen LogP contribution in [-0.4, -0.2) is 60.2 Å². The second kappa shape index (κ2) is 7.75. The first-order valence-electron chi connectivity index (χ1n) is 9.33. The number of rotatable bonds is 5. The number of hydrogen-bond acceptors (Lipinski definition) is 4. The molecule has 138 valence electrons. The van der Waals surface area contributed by atoms with Crippen LogP contribution >= 0.6 is 0 Å². The van der Waals surface area contributed by atoms with Crippen LogP contribution in [0.25, 0.3) is 0 Å². The van der Waals surface area contributed by atoms with Crippen molar-refractivity contribution in [3.8, 4) is 5.75 Å². The third kappa shape index (κ3) is 4.33. The lowest BCUT2D eigenvalue weighted by molar-refractivity contribution is -0.130. The van der Waals surface area contributed by atoms with Gasteiger partial charge < -0.3 is 14.7 Å². The number of carbonyl (C=O) groups excluding carboxylic acids is 1. The van der Waals surface area contributed by atoms with Crippen molar-refractivity contribution in [1.29, 1.82) is 0 Å². The van der Waals surface area contributed by atoms with E-state index in [2.05, 4.69) is 11.0 Å². The molecule has 25 heavy (non-hydrogen) atoms. The van der Waals surface area contributed by atoms with E-state index in [1.807, 2.05) is 18.2 Å². The number of carbonyl (C=O) groups is 1. The maximum absolute atomic E-state index is 11.8. The summed E-state index contributed by atoms with van der Waals surface area (Å²) in [5.74, 6) is 1.13. The van der Waals surface area contributed by atoms with Gasteiger partial charge in [-0.05, 0) is 25.3 Å². The predicted octanol–water partition coefficient (Wildman–Crippen LogP) is 2.28. The molecule has 0 aromatic heterocycles. The van der Waals surface area contributed by atoms with E-state index in [-0.39, 0.29) is 12.5 Å². The molecule has 1 amide bonds. The molecule has 1 saturated heterocycles. The molecule has 1 N–H and O–H groups in total. The lowest BCUT2D eigenvalue weighted by atomic mass is 9.71. The Hall–Kier alpha value is -1.59. The molecule has 2 atom stereocenters. The Balaban J connectivity index is 1.62. The van der Waals surface area contributed by atoms with E-state index in [9.17, 15) is 9.90 Å². The van der Waals surface area contributed by atoms with E-state index in [0.29, 0.717) is 5.92 Å². The molecule has 0 bridgehead atoms. The van der Waals surface area contributed by atoms with Crippen molar-refractivity contribution in [1.82, 2.24) is 9.80 Å². The molecule has 2 fully saturated rings. The van der Waals surface area contributed by atoms with Gasteiger partial charge in [-0.15, -0.1) is 0 Å². The Kier molecular flexibility index (Phi) is 5.64. The SMILES string of the molecule is CN(C)C(=O)COc1ccccc1CN1CCC2(O)CCCCC2C1. The van der Waals surface area contributed by atoms with Crippen LogP contribution in [0.15, 0.2) is 24.3 Å². The van der Waals surface area contributed by atoms with Crippen LogP contribution in [-0.2, 0) is 11.3 Å². The highest BCUT2D eigenvalue weighted by Crippen LogP contribution is 2.40. The minimum Gasteiger partial charge on any atom is -0.483 e. The molecule has 2 aliphatic rings. The maximum atomic E-state index is 11.8. The molecular formula is C20H30N2O3. The van der Waals surface area contributed by atoms with Crippen molar-refractivity contribution < 1.29 is 14.6 Å². The zero-order valence-electron chi connectivity index (χ0n) is 15.4. The van der Waals surface area contributed by atoms with Crippen molar-refractivity contribution in [3.63, 3.8) is 0 Å². The zero-order valence-corrected chi connectivity index (χ0v) is 15.4. The van der Waals surface area contributed by atoms with Crippen LogP contribution < -0.4 is 4.74 Å². The highest BCUT2D eigenvalue weighted by Gasteiger charge is 2.42. The molecule has 1 aliphatic heterocycles. The van der Waals surface area contributed by atoms with Gasteiger partial charge in [0.2, 0.25) is 0 Å². The molecule has 1 aromatic rings. The summed E-state index contributed by atoms with van der Waals surface area (Å²) < 4.78 is 5.76. The van der Waals surface area contributed by atoms with Gasteiger partial charge in [0.1, 0.15) is 5.75 Å². The Morgan fingerprint density at radius 3 is 2.92 bits per heavy atom. The molecule has 0 radical (unpaired) electrons. The highest BCUT2D eigenvalue weighted by atomic mass is 16.5. The second-order valence-electron chi connectivity index (χ2n) is 7.72. The topological polar surface area (TPSA) is 53.0 Å². The van der Waals surface area contributed by atoms with E-state index < -0.39 is 5.60 Å². The van der Waals surface area contributed by atoms with Gasteiger partial charge in [0.15, 0.2) is 6.61 Å². The second-order valence-corrected chi connectivity index (χ2v) is 7.72. The fourth-order valence-electron chi connectivity index (χ4n) is 4.07. The summed E-state index contributed by atoms with van der Waals surface area (Å²) in [5, 5.41) is 10.8. The fourth-order valence-corrected chi connectivity index (χ4v) is 4.07. The number of hydrogen-bond donors (Lipinski definition) is 1. The zero-order chi connectivity index (χ0) is 17.9. The number of nitrogens with zero attached hydrogens (tertiary/aromatic N) is 2. The molecule has 5 nitrogen and oxygen atoms in total. The van der Waals surface area contributed by atoms with Crippen molar-refractivity contribution in [2.75, 3.05) is 33.8 Å². The van der Waals surface area contributed by atoms with Crippen molar-refractivity contribution in [3.05, 3.63) is 29.8 Å². The van der Waals surface area contributed by atoms with Crippen LogP contribution in [0.2, 0.25) is 0 Å². The Morgan fingerprint density at radius 1 is 1.32 bits per heavy atom. The summed E-state index contributed by atoms with van der Waals surface area (Å²) in [6.07, 6.45) is 5.33. The van der Waals surface area contributed by atoms with E-state index in [1.54, 1.807) is 14.1 Å². The third-order valence-electron chi connectivity index (χ3n) is 5.73. The minimum atomic E-state index is -0.442. The largest absolute Gasteiger partial charge is 0.483 e. The van der Waals surface area contributed by atoms with E-state index in [1.165, 1.54) is 11.3 Å². The normalized spacial score (nSPS) is 26.8. The van der Waals surface area contributed by atoms with Crippen LogP contribution in [0, 0.1) is 5.92 Å². The van der Waals surface area contributed by atoms with Crippen molar-refractivity contribution in [2.24, 2.45) is 5.92 Å². The smallest absolute Gasteiger partial charge is 0.259 e. The summed E-state index contributed by atoms with van der Waals surface area (Å²) >= 11 is 0. The van der Waals surface area contributed by atoms with Gasteiger partial charge in [-0.25, -0.2) is 0 Å². The number of para-hydroxylation sites is 1. The molecule has 5 heteroatoms. The van der Waals surface area contributed by atoms with E-state index in [4.69, 9.17) is 4.74 Å². The molecule has 0 spiro atoms. The molecule has 1 aromatic carbocycles. The number of aliphatic hydroxyl groups is 1. The Labute approximate surface area is 150 Å². The molecule has 1 heterocycles. The predicted molar refractivity (Wildman–Crippen MR) is 97.4 cm³/mol. The number of ether oxygens (including phenoxy) is 1. The number of likely N-dealkylation sites (N-methyl/N-ethyl adjacent to an activating group) is 1. The first-order valence-corrected chi connectivity index (χ1v) is 9.33. The summed E-state index contributed by atoms with van der Waals surface area (Å²) in [4.78, 5) is 15.7. The highest BCUT2D eigenvalue weighted by molar-refractivity contribution is 5.77. The standard InChI is InChI=1S/C20H30N2O3/c1-21(2)19(23)15-25-18-9-4-3-7-16(18)13-22-12-11-20(24)10-6-5-8-17(20)14-22/h3-4,7,9,17,24H,5-6,8,10-15H2,1-2H3. The number of benzene rings is 1. The summed E-state index contributed by atoms with van der Waals surface area (Å²) in [6.45, 7) is 2.73. The fraction of sp³-hybridized carbons (Fsp3) is 0.650. The van der Waals surface area contributed by atoms with Gasteiger partial charge in [0.05, 0.1) is 5.60 Å². The van der Waals surface area contributed by atoms with Crippen molar-refractivity contribution in [2.45, 2.75) is 44.2 Å². The lowest BCUT2D eigenvalue weighted by Crippen LogP contribution is -2.52. The van der Waals surface area contributed by atoms with Crippen LogP contribution in [0.1, 0.15) is 37.7 Å². The molecule has 1 aliphatic carbocycles. The molecule has 3 rings (SSSR count). The quantitative estimate of drug-likeness (QED) is 0.889. The monoisotopic (exact) mass is 346 g/mol. The van der Waals surface area contributed by atoms with Crippen LogP contribution in [0.3, 0.4) is 0 Å². The molecular weight excluding hydrogens is 316 g/mol. The average Bonchev–Trinajstić information content (AvgIpc) is 2.60. The van der Waals surface area contributed by atoms with Gasteiger partial charge in [-0.3, -0.25) is 9.69 Å². The summed E-state index contributed by atoms with van der Waals surface area (Å²) in [5.41, 5.74) is 0.665. The van der Waals surface area contributed by atoms with Gasteiger partial charge >= 0.3 is 0 Å². The van der Waals surface area contributed by atoms with Crippen molar-refractivity contribution >= 4 is 5.91 Å².